The molecule has 3 nitrogen and oxygen atoms in total. The first kappa shape index (κ1) is 9.74. The Morgan fingerprint density at radius 2 is 2.15 bits per heavy atom. The van der Waals surface area contributed by atoms with E-state index in [2.05, 4.69) is 18.1 Å². The standard InChI is InChI=1S/C10H14N2O/c1-4-8-9(5-2)12(6-3)10(7-13)11-8/h4-5,13H,1-2,6-7H2,3H3. The number of nitrogens with zero attached hydrogens (tertiary/aromatic N) is 2. The fraction of sp³-hybridized carbons (Fsp3) is 0.300. The summed E-state index contributed by atoms with van der Waals surface area (Å²) in [7, 11) is 0. The van der Waals surface area contributed by atoms with E-state index < -0.39 is 0 Å². The Kier molecular flexibility index (Phi) is 3.03. The van der Waals surface area contributed by atoms with Gasteiger partial charge in [0.25, 0.3) is 0 Å². The minimum Gasteiger partial charge on any atom is -0.388 e. The lowest BCUT2D eigenvalue weighted by Crippen LogP contribution is -2.02. The van der Waals surface area contributed by atoms with Crippen molar-refractivity contribution < 1.29 is 5.11 Å². The zero-order chi connectivity index (χ0) is 9.84. The molecule has 1 aromatic rings. The third-order valence-electron chi connectivity index (χ3n) is 1.96. The highest BCUT2D eigenvalue weighted by molar-refractivity contribution is 5.58. The summed E-state index contributed by atoms with van der Waals surface area (Å²) in [4.78, 5) is 4.21. The molecule has 0 atom stereocenters. The number of aromatic nitrogens is 2. The van der Waals surface area contributed by atoms with Crippen LogP contribution >= 0.6 is 0 Å². The number of hydrogen-bond donors (Lipinski definition) is 1. The van der Waals surface area contributed by atoms with Gasteiger partial charge in [-0.3, -0.25) is 0 Å². The smallest absolute Gasteiger partial charge is 0.135 e. The molecule has 1 rings (SSSR count). The fourth-order valence-corrected chi connectivity index (χ4v) is 1.37. The van der Waals surface area contributed by atoms with Crippen LogP contribution in [0.5, 0.6) is 0 Å². The van der Waals surface area contributed by atoms with Crippen LogP contribution in [0.15, 0.2) is 13.2 Å². The molecule has 1 aromatic heterocycles. The molecule has 0 saturated heterocycles. The van der Waals surface area contributed by atoms with Gasteiger partial charge in [-0.15, -0.1) is 0 Å². The summed E-state index contributed by atoms with van der Waals surface area (Å²) in [5.74, 6) is 0.660. The van der Waals surface area contributed by atoms with Crippen molar-refractivity contribution in [3.8, 4) is 0 Å². The van der Waals surface area contributed by atoms with Gasteiger partial charge in [0.2, 0.25) is 0 Å². The molecule has 0 fully saturated rings. The predicted octanol–water partition coefficient (Wildman–Crippen LogP) is 1.68. The highest BCUT2D eigenvalue weighted by Crippen LogP contribution is 2.14. The molecule has 0 aromatic carbocycles. The highest BCUT2D eigenvalue weighted by Gasteiger charge is 2.09. The molecule has 0 unspecified atom stereocenters. The molecule has 0 bridgehead atoms. The molecule has 13 heavy (non-hydrogen) atoms. The lowest BCUT2D eigenvalue weighted by molar-refractivity contribution is 0.265. The highest BCUT2D eigenvalue weighted by atomic mass is 16.3. The van der Waals surface area contributed by atoms with Crippen molar-refractivity contribution in [1.82, 2.24) is 9.55 Å². The number of aliphatic hydroxyl groups excluding tert-OH is 1. The van der Waals surface area contributed by atoms with Gasteiger partial charge < -0.3 is 9.67 Å². The maximum atomic E-state index is 9.03. The predicted molar refractivity (Wildman–Crippen MR) is 54.0 cm³/mol. The molecule has 0 radical (unpaired) electrons. The van der Waals surface area contributed by atoms with Crippen LogP contribution in [0.1, 0.15) is 24.1 Å². The summed E-state index contributed by atoms with van der Waals surface area (Å²) in [5.41, 5.74) is 1.70. The van der Waals surface area contributed by atoms with Crippen LogP contribution < -0.4 is 0 Å². The van der Waals surface area contributed by atoms with Gasteiger partial charge in [-0.25, -0.2) is 4.98 Å². The van der Waals surface area contributed by atoms with E-state index in [9.17, 15) is 0 Å². The van der Waals surface area contributed by atoms with E-state index >= 15 is 0 Å². The summed E-state index contributed by atoms with van der Waals surface area (Å²) in [5, 5.41) is 9.03. The van der Waals surface area contributed by atoms with Gasteiger partial charge in [0, 0.05) is 6.54 Å². The molecule has 0 spiro atoms. The molecule has 1 N–H and O–H groups in total. The number of rotatable bonds is 4. The molecule has 0 amide bonds. The lowest BCUT2D eigenvalue weighted by Gasteiger charge is -2.03. The van der Waals surface area contributed by atoms with Crippen molar-refractivity contribution in [2.75, 3.05) is 0 Å². The molecular formula is C10H14N2O. The Balaban J connectivity index is 3.33. The first-order valence-corrected chi connectivity index (χ1v) is 4.23. The summed E-state index contributed by atoms with van der Waals surface area (Å²) in [6.45, 7) is 10.1. The normalized spacial score (nSPS) is 10.0. The second kappa shape index (κ2) is 4.05. The van der Waals surface area contributed by atoms with Crippen molar-refractivity contribution in [2.24, 2.45) is 0 Å². The summed E-state index contributed by atoms with van der Waals surface area (Å²) < 4.78 is 1.92. The first-order valence-electron chi connectivity index (χ1n) is 4.23. The van der Waals surface area contributed by atoms with Gasteiger partial charge in [0.15, 0.2) is 0 Å². The van der Waals surface area contributed by atoms with Crippen molar-refractivity contribution >= 4 is 12.2 Å². The zero-order valence-corrected chi connectivity index (χ0v) is 7.82. The molecule has 0 aliphatic rings. The second-order valence-electron chi connectivity index (χ2n) is 2.61. The summed E-state index contributed by atoms with van der Waals surface area (Å²) in [6, 6.07) is 0. The average Bonchev–Trinajstić information content (AvgIpc) is 2.54. The Morgan fingerprint density at radius 1 is 1.46 bits per heavy atom. The molecule has 0 saturated carbocycles. The Bertz CT molecular complexity index is 326. The van der Waals surface area contributed by atoms with Crippen LogP contribution in [-0.4, -0.2) is 14.7 Å². The fourth-order valence-electron chi connectivity index (χ4n) is 1.37. The van der Waals surface area contributed by atoms with Crippen molar-refractivity contribution in [1.29, 1.82) is 0 Å². The molecule has 3 heteroatoms. The van der Waals surface area contributed by atoms with Gasteiger partial charge in [-0.2, -0.15) is 0 Å². The Morgan fingerprint density at radius 3 is 2.54 bits per heavy atom. The van der Waals surface area contributed by atoms with Crippen LogP contribution in [0.2, 0.25) is 0 Å². The number of aliphatic hydroxyl groups is 1. The van der Waals surface area contributed by atoms with E-state index in [0.29, 0.717) is 5.82 Å². The summed E-state index contributed by atoms with van der Waals surface area (Å²) >= 11 is 0. The summed E-state index contributed by atoms with van der Waals surface area (Å²) in [6.07, 6.45) is 3.40. The van der Waals surface area contributed by atoms with E-state index in [1.54, 1.807) is 12.2 Å². The van der Waals surface area contributed by atoms with E-state index in [4.69, 9.17) is 5.11 Å². The first-order chi connectivity index (χ1) is 6.28. The van der Waals surface area contributed by atoms with E-state index in [0.717, 1.165) is 17.9 Å². The van der Waals surface area contributed by atoms with Crippen LogP contribution in [0.25, 0.3) is 12.2 Å². The lowest BCUT2D eigenvalue weighted by atomic mass is 10.3. The minimum absolute atomic E-state index is 0.0531. The van der Waals surface area contributed by atoms with Gasteiger partial charge in [0.1, 0.15) is 12.4 Å². The Labute approximate surface area is 78.0 Å². The third-order valence-corrected chi connectivity index (χ3v) is 1.96. The maximum Gasteiger partial charge on any atom is 0.135 e. The molecule has 70 valence electrons. The van der Waals surface area contributed by atoms with Crippen LogP contribution in [0.3, 0.4) is 0 Å². The molecule has 0 aliphatic heterocycles. The minimum atomic E-state index is -0.0531. The van der Waals surface area contributed by atoms with Crippen molar-refractivity contribution in [3.05, 3.63) is 30.4 Å². The topological polar surface area (TPSA) is 38.1 Å². The third kappa shape index (κ3) is 1.55. The quantitative estimate of drug-likeness (QED) is 0.761. The van der Waals surface area contributed by atoms with Crippen molar-refractivity contribution in [2.45, 2.75) is 20.1 Å². The second-order valence-corrected chi connectivity index (χ2v) is 2.61. The average molecular weight is 178 g/mol. The van der Waals surface area contributed by atoms with Gasteiger partial charge in [-0.1, -0.05) is 13.2 Å². The largest absolute Gasteiger partial charge is 0.388 e. The zero-order valence-electron chi connectivity index (χ0n) is 7.82. The van der Waals surface area contributed by atoms with E-state index in [1.165, 1.54) is 0 Å². The van der Waals surface area contributed by atoms with Gasteiger partial charge in [-0.05, 0) is 19.1 Å². The number of hydrogen-bond acceptors (Lipinski definition) is 2. The maximum absolute atomic E-state index is 9.03. The van der Waals surface area contributed by atoms with Crippen LogP contribution in [0.4, 0.5) is 0 Å². The van der Waals surface area contributed by atoms with Crippen molar-refractivity contribution in [3.63, 3.8) is 0 Å². The number of imidazole rings is 1. The van der Waals surface area contributed by atoms with E-state index in [1.807, 2.05) is 11.5 Å². The van der Waals surface area contributed by atoms with Gasteiger partial charge in [0.05, 0.1) is 11.4 Å². The monoisotopic (exact) mass is 178 g/mol. The SMILES string of the molecule is C=Cc1nc(CO)n(CC)c1C=C. The molecule has 1 heterocycles. The Hall–Kier alpha value is -1.35. The van der Waals surface area contributed by atoms with Crippen LogP contribution in [-0.2, 0) is 13.2 Å². The van der Waals surface area contributed by atoms with Gasteiger partial charge >= 0.3 is 0 Å². The molecule has 0 aliphatic carbocycles. The van der Waals surface area contributed by atoms with E-state index in [-0.39, 0.29) is 6.61 Å². The molecular weight excluding hydrogens is 164 g/mol. The van der Waals surface area contributed by atoms with Crippen LogP contribution in [0, 0.1) is 0 Å².